The van der Waals surface area contributed by atoms with Gasteiger partial charge in [0.05, 0.1) is 0 Å². The van der Waals surface area contributed by atoms with Crippen LogP contribution in [0.5, 0.6) is 0 Å². The molecule has 0 radical (unpaired) electrons. The van der Waals surface area contributed by atoms with E-state index in [0.29, 0.717) is 13.2 Å². The Hall–Kier alpha value is 0.343. The van der Waals surface area contributed by atoms with Gasteiger partial charge in [-0.2, -0.15) is 0 Å². The normalized spacial score (nSPS) is 20.2. The predicted octanol–water partition coefficient (Wildman–Crippen LogP) is -2.17. The van der Waals surface area contributed by atoms with Crippen molar-refractivity contribution in [1.82, 2.24) is 0 Å². The van der Waals surface area contributed by atoms with Crippen LogP contribution in [0.4, 0.5) is 0 Å². The fraction of sp³-hybridized carbons (Fsp3) is 0.579. The third-order valence-corrected chi connectivity index (χ3v) is 9.19. The average molecular weight is 449 g/mol. The molecule has 3 rings (SSSR count). The molecular weight excluding hydrogens is 422 g/mol. The molecule has 4 bridgehead atoms. The summed E-state index contributed by atoms with van der Waals surface area (Å²) < 4.78 is 3.48. The number of aliphatic hydroxyl groups is 2. The first kappa shape index (κ1) is 22.4. The van der Waals surface area contributed by atoms with E-state index in [1.54, 1.807) is 17.7 Å². The van der Waals surface area contributed by atoms with Crippen molar-refractivity contribution in [3.05, 3.63) is 41.0 Å². The Morgan fingerprint density at radius 2 is 1.29 bits per heavy atom. The van der Waals surface area contributed by atoms with Crippen molar-refractivity contribution in [3.8, 4) is 0 Å². The van der Waals surface area contributed by atoms with Gasteiger partial charge in [0.1, 0.15) is 0 Å². The monoisotopic (exact) mass is 446 g/mol. The third-order valence-electron chi connectivity index (χ3n) is 5.22. The number of rotatable bonds is 6. The zero-order chi connectivity index (χ0) is 15.7. The van der Waals surface area contributed by atoms with E-state index in [9.17, 15) is 10.2 Å². The van der Waals surface area contributed by atoms with Crippen molar-refractivity contribution < 1.29 is 58.3 Å². The second-order valence-corrected chi connectivity index (χ2v) is 10.5. The quantitative estimate of drug-likeness (QED) is 0.486. The molecule has 5 heteroatoms. The van der Waals surface area contributed by atoms with Crippen molar-refractivity contribution in [3.63, 3.8) is 0 Å². The summed E-state index contributed by atoms with van der Waals surface area (Å²) in [4.78, 5) is 0. The summed E-state index contributed by atoms with van der Waals surface area (Å²) in [5.41, 5.74) is 6.34. The minimum absolute atomic E-state index is 0. The molecule has 0 aromatic carbocycles. The Bertz CT molecular complexity index is 550. The summed E-state index contributed by atoms with van der Waals surface area (Å²) in [7, 11) is 0. The van der Waals surface area contributed by atoms with Crippen molar-refractivity contribution in [2.45, 2.75) is 52.4 Å². The van der Waals surface area contributed by atoms with E-state index in [-0.39, 0.29) is 30.2 Å². The SMILES string of the molecule is CC1(C)C2=CC[C](=C2CCCO)[Zr+2][C]2=C(CCCO)C1=CC2.[Cl-].[Cl-]. The maximum Gasteiger partial charge on any atom is -1.00 e. The summed E-state index contributed by atoms with van der Waals surface area (Å²) in [6.07, 6.45) is 11.1. The van der Waals surface area contributed by atoms with Crippen LogP contribution in [-0.4, -0.2) is 23.4 Å². The molecule has 0 atom stereocenters. The van der Waals surface area contributed by atoms with Gasteiger partial charge in [0, 0.05) is 0 Å². The van der Waals surface area contributed by atoms with Gasteiger partial charge in [0.2, 0.25) is 0 Å². The number of aliphatic hydroxyl groups excluding tert-OH is 2. The molecule has 0 aromatic heterocycles. The molecule has 0 aromatic rings. The second-order valence-electron chi connectivity index (χ2n) is 6.96. The molecule has 1 heterocycles. The number of hydrogen-bond donors (Lipinski definition) is 2. The van der Waals surface area contributed by atoms with Gasteiger partial charge in [-0.25, -0.2) is 0 Å². The summed E-state index contributed by atoms with van der Waals surface area (Å²) >= 11 is -0.667. The van der Waals surface area contributed by atoms with E-state index in [1.165, 1.54) is 11.1 Å². The molecule has 2 aliphatic carbocycles. The van der Waals surface area contributed by atoms with Crippen LogP contribution in [0.3, 0.4) is 0 Å². The standard InChI is InChI=1S/C19H26O2.2ClH.Zr/c1-19(2,17-11-3-7-15(17)9-5-13-20)18-12-4-8-16(18)10-6-14-21;;;/h11-12,20-21H,3-6,9-10,13-14H2,1-2H3;2*1H;/q;;;+2/p-2. The van der Waals surface area contributed by atoms with Crippen LogP contribution in [0.1, 0.15) is 52.4 Å². The van der Waals surface area contributed by atoms with Gasteiger partial charge in [-0.3, -0.25) is 0 Å². The average Bonchev–Trinajstić information content (AvgIpc) is 3.09. The molecule has 2 N–H and O–H groups in total. The largest absolute Gasteiger partial charge is 1.00 e. The Morgan fingerprint density at radius 1 is 0.875 bits per heavy atom. The second kappa shape index (κ2) is 9.33. The van der Waals surface area contributed by atoms with Gasteiger partial charge >= 0.3 is 145 Å². The first-order valence-corrected chi connectivity index (χ1v) is 10.9. The third kappa shape index (κ3) is 4.02. The molecule has 1 aliphatic heterocycles. The van der Waals surface area contributed by atoms with Crippen LogP contribution in [-0.2, 0) is 23.2 Å². The molecule has 0 fully saturated rings. The maximum absolute atomic E-state index is 9.23. The molecule has 24 heavy (non-hydrogen) atoms. The van der Waals surface area contributed by atoms with Crippen molar-refractivity contribution in [1.29, 1.82) is 0 Å². The first-order chi connectivity index (χ1) is 10.6. The fourth-order valence-corrected chi connectivity index (χ4v) is 8.07. The van der Waals surface area contributed by atoms with Gasteiger partial charge in [0.25, 0.3) is 0 Å². The van der Waals surface area contributed by atoms with E-state index < -0.39 is 23.2 Å². The maximum atomic E-state index is 9.23. The molecule has 132 valence electrons. The zero-order valence-electron chi connectivity index (χ0n) is 14.5. The van der Waals surface area contributed by atoms with Crippen molar-refractivity contribution in [2.24, 2.45) is 5.41 Å². The van der Waals surface area contributed by atoms with Crippen LogP contribution >= 0.6 is 0 Å². The summed E-state index contributed by atoms with van der Waals surface area (Å²) in [6, 6.07) is 0. The fourth-order valence-electron chi connectivity index (χ4n) is 4.15. The number of allylic oxidation sites excluding steroid dienone is 8. The molecule has 2 nitrogen and oxygen atoms in total. The first-order valence-electron chi connectivity index (χ1n) is 8.44. The van der Waals surface area contributed by atoms with Crippen LogP contribution in [0.25, 0.3) is 0 Å². The number of fused-ring (bicyclic) bond motifs is 2. The van der Waals surface area contributed by atoms with Crippen LogP contribution in [0.15, 0.2) is 41.0 Å². The Morgan fingerprint density at radius 3 is 1.67 bits per heavy atom. The van der Waals surface area contributed by atoms with Crippen LogP contribution in [0.2, 0.25) is 0 Å². The van der Waals surface area contributed by atoms with E-state index in [2.05, 4.69) is 26.0 Å². The van der Waals surface area contributed by atoms with Crippen LogP contribution in [0, 0.1) is 5.41 Å². The molecule has 0 spiro atoms. The van der Waals surface area contributed by atoms with E-state index in [1.807, 2.05) is 0 Å². The van der Waals surface area contributed by atoms with E-state index >= 15 is 0 Å². The number of halogens is 2. The summed E-state index contributed by atoms with van der Waals surface area (Å²) in [5, 5.41) is 18.5. The number of hydrogen-bond acceptors (Lipinski definition) is 2. The molecule has 0 saturated carbocycles. The van der Waals surface area contributed by atoms with E-state index in [4.69, 9.17) is 0 Å². The molecule has 3 aliphatic rings. The Kier molecular flexibility index (Phi) is 8.70. The Balaban J connectivity index is 0.00000144. The summed E-state index contributed by atoms with van der Waals surface area (Å²) in [5.74, 6) is 0. The van der Waals surface area contributed by atoms with Crippen molar-refractivity contribution >= 4 is 0 Å². The van der Waals surface area contributed by atoms with Gasteiger partial charge in [0.15, 0.2) is 0 Å². The summed E-state index contributed by atoms with van der Waals surface area (Å²) in [6.45, 7) is 5.32. The van der Waals surface area contributed by atoms with Gasteiger partial charge < -0.3 is 24.8 Å². The van der Waals surface area contributed by atoms with E-state index in [0.717, 1.165) is 38.5 Å². The zero-order valence-corrected chi connectivity index (χ0v) is 18.4. The Labute approximate surface area is 169 Å². The van der Waals surface area contributed by atoms with Gasteiger partial charge in [-0.1, -0.05) is 0 Å². The smallest absolute Gasteiger partial charge is 1.00 e. The molecule has 0 unspecified atom stereocenters. The van der Waals surface area contributed by atoms with Gasteiger partial charge in [-0.05, 0) is 0 Å². The minimum atomic E-state index is -0.667. The van der Waals surface area contributed by atoms with Crippen LogP contribution < -0.4 is 24.8 Å². The predicted molar refractivity (Wildman–Crippen MR) is 85.9 cm³/mol. The molecule has 0 amide bonds. The molecular formula is C19H26Cl2O2Zr. The molecule has 0 saturated heterocycles. The van der Waals surface area contributed by atoms with Gasteiger partial charge in [-0.15, -0.1) is 0 Å². The van der Waals surface area contributed by atoms with Crippen molar-refractivity contribution in [2.75, 3.05) is 13.2 Å². The minimum Gasteiger partial charge on any atom is -1.00 e. The topological polar surface area (TPSA) is 40.5 Å².